The summed E-state index contributed by atoms with van der Waals surface area (Å²) in [5.74, 6) is 0.288. The van der Waals surface area contributed by atoms with E-state index < -0.39 is 12.0 Å². The summed E-state index contributed by atoms with van der Waals surface area (Å²) in [7, 11) is 0. The summed E-state index contributed by atoms with van der Waals surface area (Å²) in [5, 5.41) is 18.3. The lowest BCUT2D eigenvalue weighted by atomic mass is 10.2. The van der Waals surface area contributed by atoms with Gasteiger partial charge in [-0.2, -0.15) is 0 Å². The summed E-state index contributed by atoms with van der Waals surface area (Å²) in [4.78, 5) is 15.1. The van der Waals surface area contributed by atoms with Crippen LogP contribution >= 0.6 is 31.9 Å². The number of H-pyrrole nitrogens is 1. The minimum atomic E-state index is -0.889. The molecule has 0 fully saturated rings. The largest absolute Gasteiger partial charge is 0.493 e. The number of nitrogens with zero attached hydrogens (tertiary/aromatic N) is 2. The van der Waals surface area contributed by atoms with Gasteiger partial charge in [-0.25, -0.2) is 0 Å². The number of halogens is 2. The molecule has 0 aliphatic carbocycles. The van der Waals surface area contributed by atoms with Crippen LogP contribution in [0.3, 0.4) is 0 Å². The number of ether oxygens (including phenoxy) is 2. The van der Waals surface area contributed by atoms with Gasteiger partial charge in [0.25, 0.3) is 0 Å². The van der Waals surface area contributed by atoms with Crippen molar-refractivity contribution >= 4 is 54.4 Å². The van der Waals surface area contributed by atoms with Crippen molar-refractivity contribution in [2.75, 3.05) is 6.61 Å². The lowest BCUT2D eigenvalue weighted by Crippen LogP contribution is -2.35. The van der Waals surface area contributed by atoms with Crippen LogP contribution in [-0.4, -0.2) is 28.7 Å². The average Bonchev–Trinajstić information content (AvgIpc) is 2.95. The summed E-state index contributed by atoms with van der Waals surface area (Å²) in [6, 6.07) is 10.7. The molecule has 4 rings (SSSR count). The number of aromatic amines is 1. The van der Waals surface area contributed by atoms with Gasteiger partial charge >= 0.3 is 5.91 Å². The van der Waals surface area contributed by atoms with Gasteiger partial charge in [-0.1, -0.05) is 28.1 Å². The molecule has 0 saturated heterocycles. The number of hydrogen-bond donors (Lipinski definition) is 2. The van der Waals surface area contributed by atoms with Crippen molar-refractivity contribution in [1.82, 2.24) is 4.98 Å². The Hall–Kier alpha value is -2.39. The second-order valence-electron chi connectivity index (χ2n) is 5.53. The van der Waals surface area contributed by atoms with Crippen LogP contribution in [0, 0.1) is 0 Å². The van der Waals surface area contributed by atoms with Crippen LogP contribution < -0.4 is 9.47 Å². The number of benzene rings is 2. The van der Waals surface area contributed by atoms with Gasteiger partial charge in [0.05, 0.1) is 5.52 Å². The van der Waals surface area contributed by atoms with Gasteiger partial charge in [-0.05, 0) is 40.2 Å². The third-order valence-electron chi connectivity index (χ3n) is 3.81. The first kappa shape index (κ1) is 17.0. The number of amides is 1. The lowest BCUT2D eigenvalue weighted by molar-refractivity contribution is -0.127. The Morgan fingerprint density at radius 3 is 2.81 bits per heavy atom. The fourth-order valence-electron chi connectivity index (χ4n) is 2.60. The van der Waals surface area contributed by atoms with E-state index in [9.17, 15) is 9.90 Å². The van der Waals surface area contributed by atoms with Crippen molar-refractivity contribution in [2.45, 2.75) is 6.10 Å². The minimum Gasteiger partial charge on any atom is -0.493 e. The van der Waals surface area contributed by atoms with Gasteiger partial charge in [0.2, 0.25) is 12.0 Å². The van der Waals surface area contributed by atoms with E-state index in [0.29, 0.717) is 22.4 Å². The van der Waals surface area contributed by atoms with Gasteiger partial charge in [0.1, 0.15) is 6.61 Å². The first-order valence-corrected chi connectivity index (χ1v) is 9.15. The number of carbonyl (C=O) groups excluding carboxylic acids is 1. The molecule has 2 aromatic carbocycles. The zero-order valence-corrected chi connectivity index (χ0v) is 16.2. The summed E-state index contributed by atoms with van der Waals surface area (Å²) >= 11 is 6.79. The lowest BCUT2D eigenvalue weighted by Gasteiger charge is -2.23. The average molecular weight is 481 g/mol. The molecular weight excluding hydrogens is 470 g/mol. The molecule has 7 nitrogen and oxygen atoms in total. The van der Waals surface area contributed by atoms with E-state index in [4.69, 9.17) is 9.47 Å². The maximum absolute atomic E-state index is 12.3. The van der Waals surface area contributed by atoms with Gasteiger partial charge < -0.3 is 19.6 Å². The highest BCUT2D eigenvalue weighted by atomic mass is 79.9. The second kappa shape index (κ2) is 6.73. The van der Waals surface area contributed by atoms with Crippen LogP contribution in [0.25, 0.3) is 10.9 Å². The first-order chi connectivity index (χ1) is 12.5. The molecule has 0 unspecified atom stereocenters. The molecule has 9 heteroatoms. The summed E-state index contributed by atoms with van der Waals surface area (Å²) in [6.07, 6.45) is -0.889. The van der Waals surface area contributed by atoms with E-state index in [2.05, 4.69) is 47.1 Å². The van der Waals surface area contributed by atoms with E-state index in [0.717, 1.165) is 8.95 Å². The number of rotatable bonds is 2. The molecular formula is C17H11Br2N3O4. The molecule has 0 saturated carbocycles. The van der Waals surface area contributed by atoms with Crippen LogP contribution in [0.2, 0.25) is 0 Å². The molecule has 2 N–H and O–H groups in total. The van der Waals surface area contributed by atoms with Crippen molar-refractivity contribution in [3.8, 4) is 17.4 Å². The van der Waals surface area contributed by atoms with Crippen LogP contribution in [-0.2, 0) is 4.79 Å². The fourth-order valence-corrected chi connectivity index (χ4v) is 3.92. The van der Waals surface area contributed by atoms with Crippen molar-refractivity contribution in [3.05, 3.63) is 45.3 Å². The van der Waals surface area contributed by atoms with E-state index in [-0.39, 0.29) is 18.2 Å². The SMILES string of the molecule is O=C(N=Nc1c(O)[nH]c2c(Br)cc(Br)cc12)[C@H]1COc2ccccc2O1. The Morgan fingerprint density at radius 1 is 1.23 bits per heavy atom. The van der Waals surface area contributed by atoms with Gasteiger partial charge in [-0.3, -0.25) is 4.79 Å². The number of nitrogens with one attached hydrogen (secondary N) is 1. The molecule has 0 bridgehead atoms. The molecule has 1 amide bonds. The molecule has 1 aliphatic rings. The van der Waals surface area contributed by atoms with Crippen molar-refractivity contribution in [1.29, 1.82) is 0 Å². The highest BCUT2D eigenvalue weighted by Crippen LogP contribution is 2.40. The Balaban J connectivity index is 1.60. The van der Waals surface area contributed by atoms with Crippen LogP contribution in [0.5, 0.6) is 17.4 Å². The smallest absolute Gasteiger partial charge is 0.308 e. The van der Waals surface area contributed by atoms with Gasteiger partial charge in [0.15, 0.2) is 17.2 Å². The molecule has 26 heavy (non-hydrogen) atoms. The number of fused-ring (bicyclic) bond motifs is 2. The Kier molecular flexibility index (Phi) is 4.41. The zero-order chi connectivity index (χ0) is 18.3. The number of aromatic nitrogens is 1. The molecule has 2 heterocycles. The van der Waals surface area contributed by atoms with E-state index >= 15 is 0 Å². The molecule has 3 aromatic rings. The van der Waals surface area contributed by atoms with Crippen molar-refractivity contribution in [3.63, 3.8) is 0 Å². The third-order valence-corrected chi connectivity index (χ3v) is 4.89. The second-order valence-corrected chi connectivity index (χ2v) is 7.30. The van der Waals surface area contributed by atoms with Crippen LogP contribution in [0.4, 0.5) is 5.69 Å². The van der Waals surface area contributed by atoms with E-state index in [1.54, 1.807) is 24.3 Å². The standard InChI is InChI=1S/C17H11Br2N3O4/c18-8-5-9-14(10(19)6-8)20-17(24)15(9)21-22-16(23)13-7-25-11-3-1-2-4-12(11)26-13/h1-6,13,20,24H,7H2/t13-/m1/s1. The van der Waals surface area contributed by atoms with Gasteiger partial charge in [0, 0.05) is 14.3 Å². The fraction of sp³-hybridized carbons (Fsp3) is 0.118. The van der Waals surface area contributed by atoms with E-state index in [1.807, 2.05) is 12.1 Å². The normalized spacial score (nSPS) is 16.3. The predicted molar refractivity (Wildman–Crippen MR) is 101 cm³/mol. The maximum Gasteiger partial charge on any atom is 0.308 e. The minimum absolute atomic E-state index is 0.0475. The third kappa shape index (κ3) is 3.08. The summed E-state index contributed by atoms with van der Waals surface area (Å²) in [6.45, 7) is 0.0475. The summed E-state index contributed by atoms with van der Waals surface area (Å²) in [5.41, 5.74) is 0.825. The van der Waals surface area contributed by atoms with Crippen LogP contribution in [0.1, 0.15) is 0 Å². The van der Waals surface area contributed by atoms with Crippen molar-refractivity contribution < 1.29 is 19.4 Å². The molecule has 1 aliphatic heterocycles. The number of azo groups is 1. The highest BCUT2D eigenvalue weighted by molar-refractivity contribution is 9.11. The van der Waals surface area contributed by atoms with Crippen molar-refractivity contribution in [2.24, 2.45) is 10.2 Å². The first-order valence-electron chi connectivity index (χ1n) is 7.56. The zero-order valence-electron chi connectivity index (χ0n) is 13.1. The Bertz CT molecular complexity index is 1050. The highest BCUT2D eigenvalue weighted by Gasteiger charge is 2.27. The summed E-state index contributed by atoms with van der Waals surface area (Å²) < 4.78 is 12.6. The number of aromatic hydroxyl groups is 1. The molecule has 0 radical (unpaired) electrons. The predicted octanol–water partition coefficient (Wildman–Crippen LogP) is 4.85. The molecule has 1 atom stereocenters. The number of carbonyl (C=O) groups is 1. The Morgan fingerprint density at radius 2 is 2.00 bits per heavy atom. The molecule has 1 aromatic heterocycles. The quantitative estimate of drug-likeness (QED) is 0.512. The number of hydrogen-bond acceptors (Lipinski definition) is 5. The Labute approximate surface area is 164 Å². The maximum atomic E-state index is 12.3. The van der Waals surface area contributed by atoms with Crippen LogP contribution in [0.15, 0.2) is 55.6 Å². The topological polar surface area (TPSA) is 96.3 Å². The van der Waals surface area contributed by atoms with E-state index in [1.165, 1.54) is 0 Å². The number of para-hydroxylation sites is 2. The molecule has 0 spiro atoms. The molecule has 132 valence electrons. The van der Waals surface area contributed by atoms with Gasteiger partial charge in [-0.15, -0.1) is 10.2 Å². The monoisotopic (exact) mass is 479 g/mol.